The van der Waals surface area contributed by atoms with E-state index in [9.17, 15) is 0 Å². The largest absolute Gasteiger partial charge is 0.456 e. The van der Waals surface area contributed by atoms with E-state index in [0.29, 0.717) is 0 Å². The molecule has 0 amide bonds. The number of hydrogen-bond donors (Lipinski definition) is 0. The molecule has 4 nitrogen and oxygen atoms in total. The number of aromatic nitrogens is 1. The molecule has 0 N–H and O–H groups in total. The highest BCUT2D eigenvalue weighted by molar-refractivity contribution is 6.19. The second-order valence-electron chi connectivity index (χ2n) is 20.8. The number of para-hydroxylation sites is 2. The summed E-state index contributed by atoms with van der Waals surface area (Å²) in [5, 5.41) is 4.73. The van der Waals surface area contributed by atoms with Crippen molar-refractivity contribution in [1.29, 1.82) is 0 Å². The van der Waals surface area contributed by atoms with Crippen molar-refractivity contribution in [3.8, 4) is 44.5 Å². The van der Waals surface area contributed by atoms with Crippen molar-refractivity contribution >= 4 is 61.1 Å². The first-order valence-corrected chi connectivity index (χ1v) is 23.6. The number of furan rings is 2. The van der Waals surface area contributed by atoms with Gasteiger partial charge in [0.05, 0.1) is 0 Å². The van der Waals surface area contributed by atoms with Crippen molar-refractivity contribution in [3.63, 3.8) is 0 Å². The molecule has 11 aromatic rings. The first-order valence-electron chi connectivity index (χ1n) is 23.6. The number of hydrogen-bond acceptors (Lipinski definition) is 4. The number of nitrogens with zero attached hydrogens (tertiary/aromatic N) is 2. The van der Waals surface area contributed by atoms with Gasteiger partial charge < -0.3 is 8.83 Å². The monoisotopic (exact) mass is 864 g/mol. The minimum absolute atomic E-state index is 0.172. The van der Waals surface area contributed by atoms with Crippen molar-refractivity contribution in [2.45, 2.75) is 64.7 Å². The topological polar surface area (TPSA) is 42.4 Å². The third-order valence-corrected chi connectivity index (χ3v) is 16.0. The van der Waals surface area contributed by atoms with E-state index in [0.717, 1.165) is 56.0 Å². The van der Waals surface area contributed by atoms with Crippen LogP contribution in [-0.2, 0) is 16.2 Å². The van der Waals surface area contributed by atoms with E-state index in [1.807, 2.05) is 12.3 Å². The smallest absolute Gasteiger partial charge is 0.143 e. The summed E-state index contributed by atoms with van der Waals surface area (Å²) in [5.74, 6) is 0.877. The third-order valence-electron chi connectivity index (χ3n) is 16.0. The molecular formula is C63H48N2O2. The van der Waals surface area contributed by atoms with Crippen molar-refractivity contribution in [2.75, 3.05) is 4.90 Å². The van der Waals surface area contributed by atoms with Gasteiger partial charge in [-0.05, 0) is 152 Å². The number of rotatable bonds is 4. The van der Waals surface area contributed by atoms with Gasteiger partial charge >= 0.3 is 0 Å². The fourth-order valence-corrected chi connectivity index (χ4v) is 12.5. The Kier molecular flexibility index (Phi) is 7.49. The highest BCUT2D eigenvalue weighted by Gasteiger charge is 2.44. The van der Waals surface area contributed by atoms with Crippen LogP contribution in [-0.4, -0.2) is 4.98 Å². The summed E-state index contributed by atoms with van der Waals surface area (Å²) in [5.41, 5.74) is 24.5. The summed E-state index contributed by atoms with van der Waals surface area (Å²) in [7, 11) is 0. The van der Waals surface area contributed by atoms with Crippen LogP contribution >= 0.6 is 0 Å². The highest BCUT2D eigenvalue weighted by atomic mass is 16.3. The van der Waals surface area contributed by atoms with Crippen LogP contribution in [0.2, 0.25) is 0 Å². The predicted octanol–water partition coefficient (Wildman–Crippen LogP) is 17.2. The maximum Gasteiger partial charge on any atom is 0.143 e. The van der Waals surface area contributed by atoms with Gasteiger partial charge in [-0.15, -0.1) is 0 Å². The minimum atomic E-state index is -0.300. The zero-order chi connectivity index (χ0) is 45.3. The van der Waals surface area contributed by atoms with E-state index in [2.05, 4.69) is 205 Å². The van der Waals surface area contributed by atoms with Crippen LogP contribution < -0.4 is 4.90 Å². The van der Waals surface area contributed by atoms with E-state index in [1.165, 1.54) is 88.5 Å². The van der Waals surface area contributed by atoms with Gasteiger partial charge in [-0.1, -0.05) is 132 Å². The third kappa shape index (κ3) is 5.05. The number of pyridine rings is 1. The molecule has 0 spiro atoms. The van der Waals surface area contributed by atoms with Crippen LogP contribution in [0.3, 0.4) is 0 Å². The zero-order valence-electron chi connectivity index (χ0n) is 38.8. The maximum atomic E-state index is 6.79. The zero-order valence-corrected chi connectivity index (χ0v) is 38.8. The van der Waals surface area contributed by atoms with E-state index < -0.39 is 0 Å². The molecule has 0 bridgehead atoms. The van der Waals surface area contributed by atoms with Gasteiger partial charge in [-0.2, -0.15) is 0 Å². The summed E-state index contributed by atoms with van der Waals surface area (Å²) < 4.78 is 13.2. The average Bonchev–Trinajstić information content (AvgIpc) is 4.08. The second kappa shape index (κ2) is 13.0. The number of benzene rings is 8. The quantitative estimate of drug-likeness (QED) is 0.177. The molecule has 0 unspecified atom stereocenters. The lowest BCUT2D eigenvalue weighted by atomic mass is 9.79. The molecular weight excluding hydrogens is 817 g/mol. The molecule has 3 aliphatic carbocycles. The Morgan fingerprint density at radius 3 is 1.72 bits per heavy atom. The van der Waals surface area contributed by atoms with E-state index >= 15 is 0 Å². The fourth-order valence-electron chi connectivity index (χ4n) is 12.5. The van der Waals surface area contributed by atoms with Gasteiger partial charge in [0.2, 0.25) is 0 Å². The van der Waals surface area contributed by atoms with Gasteiger partial charge in [-0.3, -0.25) is 4.90 Å². The molecule has 3 heterocycles. The average molecular weight is 865 g/mol. The molecule has 4 heteroatoms. The lowest BCUT2D eigenvalue weighted by molar-refractivity contribution is 0.651. The van der Waals surface area contributed by atoms with Gasteiger partial charge in [0.1, 0.15) is 28.1 Å². The summed E-state index contributed by atoms with van der Waals surface area (Å²) in [6.07, 6.45) is 1.90. The van der Waals surface area contributed by atoms with Crippen molar-refractivity contribution in [2.24, 2.45) is 0 Å². The Labute approximate surface area is 390 Å². The molecule has 0 saturated carbocycles. The maximum absolute atomic E-state index is 6.79. The lowest BCUT2D eigenvalue weighted by Gasteiger charge is -2.29. The predicted molar refractivity (Wildman–Crippen MR) is 276 cm³/mol. The van der Waals surface area contributed by atoms with Crippen molar-refractivity contribution < 1.29 is 8.83 Å². The lowest BCUT2D eigenvalue weighted by Crippen LogP contribution is -2.18. The van der Waals surface area contributed by atoms with Gasteiger partial charge in [0, 0.05) is 60.9 Å². The van der Waals surface area contributed by atoms with Gasteiger partial charge in [0.25, 0.3) is 0 Å². The van der Waals surface area contributed by atoms with Crippen LogP contribution in [0.15, 0.2) is 173 Å². The minimum Gasteiger partial charge on any atom is -0.456 e. The Morgan fingerprint density at radius 1 is 0.418 bits per heavy atom. The number of aryl methyl sites for hydroxylation is 1. The highest BCUT2D eigenvalue weighted by Crippen LogP contribution is 2.60. The molecule has 3 aromatic heterocycles. The summed E-state index contributed by atoms with van der Waals surface area (Å²) in [6, 6.07) is 58.1. The normalized spacial score (nSPS) is 15.4. The molecule has 0 aliphatic heterocycles. The Morgan fingerprint density at radius 2 is 0.985 bits per heavy atom. The Balaban J connectivity index is 0.924. The molecule has 3 aliphatic rings. The van der Waals surface area contributed by atoms with E-state index in [-0.39, 0.29) is 16.2 Å². The van der Waals surface area contributed by atoms with Gasteiger partial charge in [0.15, 0.2) is 0 Å². The summed E-state index contributed by atoms with van der Waals surface area (Å²) >= 11 is 0. The van der Waals surface area contributed by atoms with Crippen LogP contribution in [0.1, 0.15) is 80.5 Å². The van der Waals surface area contributed by atoms with Gasteiger partial charge in [-0.25, -0.2) is 4.98 Å². The first kappa shape index (κ1) is 38.6. The summed E-state index contributed by atoms with van der Waals surface area (Å²) in [6.45, 7) is 16.5. The van der Waals surface area contributed by atoms with E-state index in [4.69, 9.17) is 13.8 Å². The van der Waals surface area contributed by atoms with Crippen LogP contribution in [0.25, 0.3) is 88.4 Å². The molecule has 14 rings (SSSR count). The van der Waals surface area contributed by atoms with Crippen LogP contribution in [0.4, 0.5) is 17.2 Å². The fraction of sp³-hybridized carbons (Fsp3) is 0.159. The molecule has 0 fully saturated rings. The first-order chi connectivity index (χ1) is 32.4. The van der Waals surface area contributed by atoms with Crippen molar-refractivity contribution in [1.82, 2.24) is 4.98 Å². The Hall–Kier alpha value is -7.69. The molecule has 8 aromatic carbocycles. The molecule has 67 heavy (non-hydrogen) atoms. The summed E-state index contributed by atoms with van der Waals surface area (Å²) in [4.78, 5) is 7.36. The molecule has 0 radical (unpaired) electrons. The number of anilines is 3. The van der Waals surface area contributed by atoms with Crippen molar-refractivity contribution in [3.05, 3.63) is 203 Å². The molecule has 0 atom stereocenters. The van der Waals surface area contributed by atoms with Crippen LogP contribution in [0.5, 0.6) is 0 Å². The van der Waals surface area contributed by atoms with E-state index in [1.54, 1.807) is 0 Å². The number of fused-ring (bicyclic) bond motifs is 17. The SMILES string of the molecule is Cc1ccc(-c2cc3c(c4c2oc2ccccc24)-c2ccc(N(c4ccc5c(c4)C(C)(C)c4cc6c(cc4-5)C(C)(C)c4ccc5oc7ccccc7c5c4-6)c4ccccn4)cc2C3(C)C)cc1. The Bertz CT molecular complexity index is 3960. The molecule has 322 valence electrons. The van der Waals surface area contributed by atoms with Crippen LogP contribution in [0, 0.1) is 6.92 Å². The standard InChI is InChI=1S/C63H48N2O2/c1-35-19-21-36(22-20-35)43-32-51-56(59-42-15-9-11-17-53(42)67-60(43)59)40-26-24-38(31-48(40)63(51,6)7)65(55-18-12-13-29-64-55)37-23-25-39-44-33-50-45(34-49(44)62(4,5)47(39)30-37)57-46(61(50,2)3)27-28-54-58(57)41-14-8-10-16-52(41)66-54/h8-34H,1-7H3. The molecule has 0 saturated heterocycles. The second-order valence-corrected chi connectivity index (χ2v) is 20.8.